The Hall–Kier alpha value is -2.85. The molecule has 136 valence electrons. The summed E-state index contributed by atoms with van der Waals surface area (Å²) in [5, 5.41) is 6.28. The number of rotatable bonds is 6. The smallest absolute Gasteiger partial charge is 0.267 e. The molecule has 27 heavy (non-hydrogen) atoms. The number of hydrogen-bond acceptors (Lipinski definition) is 2. The molecule has 1 amide bonds. The highest BCUT2D eigenvalue weighted by Crippen LogP contribution is 2.26. The normalized spacial score (nSPS) is 11.0. The van der Waals surface area contributed by atoms with Crippen LogP contribution in [0.1, 0.15) is 27.2 Å². The third kappa shape index (κ3) is 3.96. The van der Waals surface area contributed by atoms with Crippen molar-refractivity contribution < 1.29 is 4.79 Å². The van der Waals surface area contributed by atoms with Crippen LogP contribution in [0.3, 0.4) is 0 Å². The van der Waals surface area contributed by atoms with Gasteiger partial charge in [0, 0.05) is 18.5 Å². The minimum Gasteiger partial charge on any atom is -0.350 e. The number of nitrogens with zero attached hydrogens (tertiary/aromatic N) is 1. The molecule has 0 fully saturated rings. The lowest BCUT2D eigenvalue weighted by molar-refractivity contribution is 0.0946. The van der Waals surface area contributed by atoms with E-state index in [1.165, 1.54) is 16.7 Å². The lowest BCUT2D eigenvalue weighted by Gasteiger charge is -2.11. The average Bonchev–Trinajstić information content (AvgIpc) is 3.27. The molecule has 0 atom stereocenters. The summed E-state index contributed by atoms with van der Waals surface area (Å²) in [5.74, 6) is -0.0126. The third-order valence-electron chi connectivity index (χ3n) is 4.74. The van der Waals surface area contributed by atoms with Gasteiger partial charge in [0.2, 0.25) is 0 Å². The maximum absolute atomic E-state index is 12.8. The van der Waals surface area contributed by atoms with Gasteiger partial charge in [-0.1, -0.05) is 60.2 Å². The van der Waals surface area contributed by atoms with Crippen molar-refractivity contribution in [3.8, 4) is 0 Å². The van der Waals surface area contributed by atoms with Gasteiger partial charge in [0.25, 0.3) is 5.91 Å². The molecule has 0 spiro atoms. The van der Waals surface area contributed by atoms with Gasteiger partial charge in [0.15, 0.2) is 0 Å². The topological polar surface area (TPSA) is 34.0 Å². The zero-order valence-corrected chi connectivity index (χ0v) is 16.1. The number of nitrogens with one attached hydrogen (secondary N) is 1. The van der Waals surface area contributed by atoms with Gasteiger partial charge in [0.1, 0.15) is 10.5 Å². The molecular formula is C23H22N2OS. The Bertz CT molecular complexity index is 1050. The van der Waals surface area contributed by atoms with E-state index in [2.05, 4.69) is 64.7 Å². The molecule has 4 heteroatoms. The van der Waals surface area contributed by atoms with Crippen LogP contribution in [0.5, 0.6) is 0 Å². The molecule has 0 radical (unpaired) electrons. The van der Waals surface area contributed by atoms with Crippen LogP contribution < -0.4 is 5.32 Å². The van der Waals surface area contributed by atoms with Crippen LogP contribution in [0.25, 0.3) is 10.2 Å². The quantitative estimate of drug-likeness (QED) is 0.504. The van der Waals surface area contributed by atoms with Gasteiger partial charge in [-0.3, -0.25) is 4.79 Å². The van der Waals surface area contributed by atoms with Crippen molar-refractivity contribution >= 4 is 27.5 Å². The van der Waals surface area contributed by atoms with E-state index in [0.29, 0.717) is 13.1 Å². The number of carbonyl (C=O) groups is 1. The highest BCUT2D eigenvalue weighted by Gasteiger charge is 2.16. The van der Waals surface area contributed by atoms with Crippen LogP contribution in [-0.2, 0) is 13.0 Å². The number of aromatic nitrogens is 1. The molecule has 0 saturated heterocycles. The summed E-state index contributed by atoms with van der Waals surface area (Å²) >= 11 is 1.68. The fourth-order valence-corrected chi connectivity index (χ4v) is 4.15. The summed E-state index contributed by atoms with van der Waals surface area (Å²) in [4.78, 5) is 14.0. The van der Waals surface area contributed by atoms with Gasteiger partial charge < -0.3 is 9.88 Å². The maximum atomic E-state index is 12.8. The number of hydrogen-bond donors (Lipinski definition) is 1. The third-order valence-corrected chi connectivity index (χ3v) is 5.69. The number of fused-ring (bicyclic) bond motifs is 1. The average molecular weight is 375 g/mol. The lowest BCUT2D eigenvalue weighted by atomic mass is 10.1. The minimum absolute atomic E-state index is 0.0126. The van der Waals surface area contributed by atoms with Gasteiger partial charge in [-0.2, -0.15) is 0 Å². The van der Waals surface area contributed by atoms with E-state index in [-0.39, 0.29) is 5.91 Å². The zero-order chi connectivity index (χ0) is 18.6. The van der Waals surface area contributed by atoms with E-state index in [9.17, 15) is 4.79 Å². The monoisotopic (exact) mass is 374 g/mol. The van der Waals surface area contributed by atoms with Crippen LogP contribution >= 0.6 is 11.3 Å². The molecule has 3 nitrogen and oxygen atoms in total. The van der Waals surface area contributed by atoms with Crippen molar-refractivity contribution in [1.29, 1.82) is 0 Å². The van der Waals surface area contributed by atoms with Crippen LogP contribution in [0.2, 0.25) is 0 Å². The van der Waals surface area contributed by atoms with Crippen molar-refractivity contribution in [2.24, 2.45) is 0 Å². The fourth-order valence-electron chi connectivity index (χ4n) is 3.25. The number of carbonyl (C=O) groups excluding carboxylic acids is 1. The highest BCUT2D eigenvalue weighted by atomic mass is 32.1. The molecule has 2 heterocycles. The Kier molecular flexibility index (Phi) is 5.07. The largest absolute Gasteiger partial charge is 0.350 e. The highest BCUT2D eigenvalue weighted by molar-refractivity contribution is 7.16. The summed E-state index contributed by atoms with van der Waals surface area (Å²) in [6, 6.07) is 22.8. The molecule has 2 aromatic carbocycles. The standard InChI is InChI=1S/C23H22N2OS/c1-17-7-9-19(10-8-17)16-25-21(15-20-12-14-27-23(20)25)22(26)24-13-11-18-5-3-2-4-6-18/h2-10,12,14-15H,11,13,16H2,1H3,(H,24,26). The number of thiophene rings is 1. The molecule has 2 aromatic heterocycles. The summed E-state index contributed by atoms with van der Waals surface area (Å²) in [5.41, 5.74) is 4.40. The first-order valence-electron chi connectivity index (χ1n) is 9.15. The van der Waals surface area contributed by atoms with E-state index in [1.54, 1.807) is 11.3 Å². The van der Waals surface area contributed by atoms with Crippen molar-refractivity contribution in [3.05, 3.63) is 94.5 Å². The number of amides is 1. The predicted molar refractivity (Wildman–Crippen MR) is 113 cm³/mol. The molecule has 0 aliphatic rings. The Morgan fingerprint density at radius 2 is 1.78 bits per heavy atom. The summed E-state index contributed by atoms with van der Waals surface area (Å²) in [6.45, 7) is 3.42. The van der Waals surface area contributed by atoms with E-state index < -0.39 is 0 Å². The van der Waals surface area contributed by atoms with Gasteiger partial charge in [0.05, 0.1) is 0 Å². The molecule has 4 aromatic rings. The number of aryl methyl sites for hydroxylation is 1. The first-order valence-corrected chi connectivity index (χ1v) is 10.0. The molecule has 0 bridgehead atoms. The molecule has 4 rings (SSSR count). The Morgan fingerprint density at radius 3 is 2.56 bits per heavy atom. The van der Waals surface area contributed by atoms with Crippen molar-refractivity contribution in [2.45, 2.75) is 19.9 Å². The summed E-state index contributed by atoms with van der Waals surface area (Å²) in [6.07, 6.45) is 0.833. The van der Waals surface area contributed by atoms with Crippen LogP contribution in [-0.4, -0.2) is 17.0 Å². The Balaban J connectivity index is 1.52. The van der Waals surface area contributed by atoms with Crippen molar-refractivity contribution in [3.63, 3.8) is 0 Å². The molecule has 0 aliphatic heterocycles. The van der Waals surface area contributed by atoms with Crippen LogP contribution in [0, 0.1) is 6.92 Å². The molecule has 1 N–H and O–H groups in total. The summed E-state index contributed by atoms with van der Waals surface area (Å²) < 4.78 is 2.13. The van der Waals surface area contributed by atoms with E-state index >= 15 is 0 Å². The Labute approximate surface area is 163 Å². The van der Waals surface area contributed by atoms with Gasteiger partial charge in [-0.05, 0) is 42.0 Å². The van der Waals surface area contributed by atoms with E-state index in [1.807, 2.05) is 24.3 Å². The SMILES string of the molecule is Cc1ccc(Cn2c(C(=O)NCCc3ccccc3)cc3ccsc32)cc1. The zero-order valence-electron chi connectivity index (χ0n) is 15.3. The molecule has 0 aliphatic carbocycles. The molecule has 0 unspecified atom stereocenters. The maximum Gasteiger partial charge on any atom is 0.267 e. The molecular weight excluding hydrogens is 352 g/mol. The first kappa shape index (κ1) is 17.6. The Morgan fingerprint density at radius 1 is 1.00 bits per heavy atom. The van der Waals surface area contributed by atoms with Crippen molar-refractivity contribution in [1.82, 2.24) is 9.88 Å². The first-order chi connectivity index (χ1) is 13.2. The number of benzene rings is 2. The van der Waals surface area contributed by atoms with Crippen LogP contribution in [0.15, 0.2) is 72.1 Å². The second-order valence-corrected chi connectivity index (χ2v) is 7.67. The van der Waals surface area contributed by atoms with E-state index in [0.717, 1.165) is 22.3 Å². The second kappa shape index (κ2) is 7.80. The van der Waals surface area contributed by atoms with Gasteiger partial charge in [-0.25, -0.2) is 0 Å². The molecule has 0 saturated carbocycles. The van der Waals surface area contributed by atoms with Crippen LogP contribution in [0.4, 0.5) is 0 Å². The lowest BCUT2D eigenvalue weighted by Crippen LogP contribution is -2.28. The minimum atomic E-state index is -0.0126. The van der Waals surface area contributed by atoms with Gasteiger partial charge in [-0.15, -0.1) is 11.3 Å². The van der Waals surface area contributed by atoms with E-state index in [4.69, 9.17) is 0 Å². The van der Waals surface area contributed by atoms with Crippen molar-refractivity contribution in [2.75, 3.05) is 6.54 Å². The summed E-state index contributed by atoms with van der Waals surface area (Å²) in [7, 11) is 0. The fraction of sp³-hybridized carbons (Fsp3) is 0.174. The predicted octanol–water partition coefficient (Wildman–Crippen LogP) is 5.03. The second-order valence-electron chi connectivity index (χ2n) is 6.77. The van der Waals surface area contributed by atoms with Gasteiger partial charge >= 0.3 is 0 Å².